The summed E-state index contributed by atoms with van der Waals surface area (Å²) in [4.78, 5) is 42.5. The van der Waals surface area contributed by atoms with Crippen molar-refractivity contribution in [2.24, 2.45) is 0 Å². The van der Waals surface area contributed by atoms with Gasteiger partial charge in [-0.25, -0.2) is 0 Å². The zero-order valence-electron chi connectivity index (χ0n) is 31.9. The van der Waals surface area contributed by atoms with E-state index in [1.54, 1.807) is 12.1 Å². The van der Waals surface area contributed by atoms with Gasteiger partial charge in [0.25, 0.3) is 5.91 Å². The molecule has 3 rings (SSSR count). The third-order valence-electron chi connectivity index (χ3n) is 10.4. The Morgan fingerprint density at radius 3 is 2.11 bits per heavy atom. The summed E-state index contributed by atoms with van der Waals surface area (Å²) < 4.78 is 5.32. The van der Waals surface area contributed by atoms with Gasteiger partial charge in [0.1, 0.15) is 24.1 Å². The molecule has 5 atom stereocenters. The van der Waals surface area contributed by atoms with E-state index in [1.807, 2.05) is 0 Å². The van der Waals surface area contributed by atoms with Crippen molar-refractivity contribution in [3.05, 3.63) is 22.7 Å². The van der Waals surface area contributed by atoms with Crippen LogP contribution in [-0.4, -0.2) is 149 Å². The number of piperidine rings is 2. The quantitative estimate of drug-likeness (QED) is 0.0532. The number of nitrogens with two attached hydrogens (primary N) is 1. The molecule has 10 N–H and O–H groups in total. The molecule has 2 aliphatic heterocycles. The number of carbonyl (C=O) groups excluding carboxylic acids is 3. The number of amides is 3. The van der Waals surface area contributed by atoms with Crippen LogP contribution in [0.4, 0.5) is 5.69 Å². The van der Waals surface area contributed by atoms with Crippen LogP contribution in [0.5, 0.6) is 5.75 Å². The zero-order chi connectivity index (χ0) is 39.5. The van der Waals surface area contributed by atoms with E-state index in [0.29, 0.717) is 41.3 Å². The molecule has 2 saturated heterocycles. The van der Waals surface area contributed by atoms with Gasteiger partial charge < -0.3 is 61.8 Å². The fourth-order valence-corrected chi connectivity index (χ4v) is 7.26. The monoisotopic (exact) mass is 784 g/mol. The number of nitrogen functional groups attached to an aromatic ring is 1. The Balaban J connectivity index is 1.16. The number of likely N-dealkylation sites (tertiary alicyclic amines) is 2. The highest BCUT2D eigenvalue weighted by molar-refractivity contribution is 6.33. The van der Waals surface area contributed by atoms with E-state index in [9.17, 15) is 34.8 Å². The highest BCUT2D eigenvalue weighted by Crippen LogP contribution is 2.29. The molecule has 54 heavy (non-hydrogen) atoms. The van der Waals surface area contributed by atoms with Crippen LogP contribution in [0, 0.1) is 0 Å². The van der Waals surface area contributed by atoms with Crippen LogP contribution in [0.15, 0.2) is 12.1 Å². The lowest BCUT2D eigenvalue weighted by atomic mass is 10.0. The molecular formula is C38H65ClN6O9. The Hall–Kier alpha value is -2.76. The van der Waals surface area contributed by atoms with Crippen molar-refractivity contribution in [1.82, 2.24) is 25.8 Å². The van der Waals surface area contributed by atoms with Crippen LogP contribution in [0.2, 0.25) is 5.02 Å². The number of rotatable bonds is 24. The van der Waals surface area contributed by atoms with Gasteiger partial charge in [-0.3, -0.25) is 14.4 Å². The topological polar surface area (TPSA) is 230 Å². The van der Waals surface area contributed by atoms with Crippen LogP contribution < -0.4 is 26.4 Å². The maximum absolute atomic E-state index is 12.9. The number of aliphatic hydroxyl groups excluding tert-OH is 5. The second-order valence-electron chi connectivity index (χ2n) is 14.8. The number of nitrogens with zero attached hydrogens (tertiary/aromatic N) is 2. The molecule has 1 aromatic rings. The number of hydrogen-bond acceptors (Lipinski definition) is 12. The summed E-state index contributed by atoms with van der Waals surface area (Å²) >= 11 is 6.13. The van der Waals surface area contributed by atoms with E-state index in [-0.39, 0.29) is 36.3 Å². The highest BCUT2D eigenvalue weighted by atomic mass is 35.5. The minimum Gasteiger partial charge on any atom is -0.496 e. The molecular weight excluding hydrogens is 720 g/mol. The molecule has 308 valence electrons. The van der Waals surface area contributed by atoms with Gasteiger partial charge in [-0.1, -0.05) is 37.3 Å². The minimum absolute atomic E-state index is 0.0869. The van der Waals surface area contributed by atoms with Crippen LogP contribution >= 0.6 is 11.6 Å². The Kier molecular flexibility index (Phi) is 20.9. The lowest BCUT2D eigenvalue weighted by Gasteiger charge is -2.33. The Bertz CT molecular complexity index is 1290. The summed E-state index contributed by atoms with van der Waals surface area (Å²) in [5.74, 6) is 0.0572. The lowest BCUT2D eigenvalue weighted by molar-refractivity contribution is -0.126. The first kappa shape index (κ1) is 45.6. The molecule has 0 saturated carbocycles. The number of anilines is 1. The number of methoxy groups -OCH3 is 1. The van der Waals surface area contributed by atoms with E-state index < -0.39 is 31.0 Å². The Morgan fingerprint density at radius 1 is 0.815 bits per heavy atom. The first-order valence-electron chi connectivity index (χ1n) is 19.7. The van der Waals surface area contributed by atoms with Gasteiger partial charge in [0.15, 0.2) is 0 Å². The number of carbonyl (C=O) groups is 3. The van der Waals surface area contributed by atoms with E-state index in [0.717, 1.165) is 110 Å². The van der Waals surface area contributed by atoms with E-state index >= 15 is 0 Å². The average molecular weight is 785 g/mol. The molecule has 0 aliphatic carbocycles. The molecule has 0 unspecified atom stereocenters. The Labute approximate surface area is 324 Å². The molecule has 0 bridgehead atoms. The molecule has 1 aromatic carbocycles. The standard InChI is InChI=1S/C38H65ClN6O9/c1-54-33-22-30(40)29(39)21-28(33)38(53)43-26-14-19-44(20-15-26)16-9-5-7-13-35(50)42-27-11-10-18-45(24-27)17-8-4-2-3-6-12-34(49)41-23-31(47)36(51)37(52)32(48)25-46/h21-22,26-27,31-32,36-37,46-48,51-52H,2-20,23-25,40H2,1H3,(H,41,49)(H,42,50)(H,43,53)/t27-,31+,32-,36-,37-/m1/s1. The van der Waals surface area contributed by atoms with Crippen LogP contribution in [0.25, 0.3) is 0 Å². The fourth-order valence-electron chi connectivity index (χ4n) is 7.10. The van der Waals surface area contributed by atoms with E-state index in [1.165, 1.54) is 7.11 Å². The van der Waals surface area contributed by atoms with Gasteiger partial charge in [0.2, 0.25) is 11.8 Å². The van der Waals surface area contributed by atoms with Gasteiger partial charge in [0, 0.05) is 57.2 Å². The van der Waals surface area contributed by atoms with E-state index in [4.69, 9.17) is 27.2 Å². The second-order valence-corrected chi connectivity index (χ2v) is 15.2. The number of halogens is 1. The van der Waals surface area contributed by atoms with Crippen molar-refractivity contribution in [1.29, 1.82) is 0 Å². The van der Waals surface area contributed by atoms with E-state index in [2.05, 4.69) is 25.8 Å². The molecule has 2 aliphatic rings. The molecule has 15 nitrogen and oxygen atoms in total. The molecule has 3 amide bonds. The van der Waals surface area contributed by atoms with Crippen molar-refractivity contribution < 1.29 is 44.7 Å². The minimum atomic E-state index is -1.72. The lowest BCUT2D eigenvalue weighted by Crippen LogP contribution is -2.49. The molecule has 0 radical (unpaired) electrons. The summed E-state index contributed by atoms with van der Waals surface area (Å²) in [5, 5.41) is 56.8. The van der Waals surface area contributed by atoms with Gasteiger partial charge in [0.05, 0.1) is 36.1 Å². The maximum Gasteiger partial charge on any atom is 0.255 e. The smallest absolute Gasteiger partial charge is 0.255 e. The summed E-state index contributed by atoms with van der Waals surface area (Å²) in [6.07, 6.45) is 5.80. The van der Waals surface area contributed by atoms with Crippen LogP contribution in [-0.2, 0) is 9.59 Å². The van der Waals surface area contributed by atoms with Crippen LogP contribution in [0.1, 0.15) is 100 Å². The maximum atomic E-state index is 12.9. The van der Waals surface area contributed by atoms with Crippen molar-refractivity contribution in [2.75, 3.05) is 65.3 Å². The molecule has 0 spiro atoms. The van der Waals surface area contributed by atoms with Crippen molar-refractivity contribution in [3.63, 3.8) is 0 Å². The SMILES string of the molecule is COc1cc(N)c(Cl)cc1C(=O)NC1CCN(CCCCCC(=O)N[C@@H]2CCCN(CCCCCCCC(=O)NC[C@H](O)[C@@H](O)[C@H](O)[C@H](O)CO)C2)CC1. The summed E-state index contributed by atoms with van der Waals surface area (Å²) in [6, 6.07) is 3.39. The largest absolute Gasteiger partial charge is 0.496 e. The second kappa shape index (κ2) is 24.7. The van der Waals surface area contributed by atoms with Gasteiger partial charge in [-0.05, 0) is 77.1 Å². The summed E-state index contributed by atoms with van der Waals surface area (Å²) in [5.41, 5.74) is 6.59. The summed E-state index contributed by atoms with van der Waals surface area (Å²) in [6.45, 7) is 4.69. The Morgan fingerprint density at radius 2 is 1.43 bits per heavy atom. The molecule has 16 heteroatoms. The van der Waals surface area contributed by atoms with Crippen molar-refractivity contribution in [2.45, 2.75) is 126 Å². The van der Waals surface area contributed by atoms with Gasteiger partial charge in [-0.15, -0.1) is 0 Å². The normalized spacial score (nSPS) is 19.4. The summed E-state index contributed by atoms with van der Waals surface area (Å²) in [7, 11) is 1.50. The molecule has 2 fully saturated rings. The first-order chi connectivity index (χ1) is 25.9. The fraction of sp³-hybridized carbons (Fsp3) is 0.763. The number of ether oxygens (including phenoxy) is 1. The number of aliphatic hydroxyl groups is 5. The average Bonchev–Trinajstić information content (AvgIpc) is 3.17. The third kappa shape index (κ3) is 16.1. The van der Waals surface area contributed by atoms with Crippen LogP contribution in [0.3, 0.4) is 0 Å². The number of benzene rings is 1. The highest BCUT2D eigenvalue weighted by Gasteiger charge is 2.30. The molecule has 2 heterocycles. The van der Waals surface area contributed by atoms with Gasteiger partial charge >= 0.3 is 0 Å². The third-order valence-corrected chi connectivity index (χ3v) is 10.8. The number of hydrogen-bond donors (Lipinski definition) is 9. The zero-order valence-corrected chi connectivity index (χ0v) is 32.6. The van der Waals surface area contributed by atoms with Gasteiger partial charge in [-0.2, -0.15) is 0 Å². The number of unbranched alkanes of at least 4 members (excludes halogenated alkanes) is 6. The number of nitrogens with one attached hydrogen (secondary N) is 3. The predicted octanol–water partition coefficient (Wildman–Crippen LogP) is 1.16. The predicted molar refractivity (Wildman–Crippen MR) is 207 cm³/mol. The first-order valence-corrected chi connectivity index (χ1v) is 20.1. The molecule has 0 aromatic heterocycles. The van der Waals surface area contributed by atoms with Crippen molar-refractivity contribution in [3.8, 4) is 5.75 Å². The van der Waals surface area contributed by atoms with Crippen molar-refractivity contribution >= 4 is 35.0 Å².